The van der Waals surface area contributed by atoms with Gasteiger partial charge in [-0.3, -0.25) is 0 Å². The molecule has 0 nitrogen and oxygen atoms in total. The monoisotopic (exact) mass is 304 g/mol. The van der Waals surface area contributed by atoms with E-state index in [1.54, 1.807) is 0 Å². The van der Waals surface area contributed by atoms with E-state index in [2.05, 4.69) is 0 Å². The molecule has 0 N–H and O–H groups in total. The Morgan fingerprint density at radius 3 is 1.76 bits per heavy atom. The molecule has 112 valence electrons. The maximum absolute atomic E-state index is 13.0. The van der Waals surface area contributed by atoms with Gasteiger partial charge in [-0.2, -0.15) is 26.3 Å². The zero-order chi connectivity index (χ0) is 15.8. The van der Waals surface area contributed by atoms with Crippen LogP contribution in [0.25, 0.3) is 11.1 Å². The third-order valence-electron chi connectivity index (χ3n) is 3.00. The number of aryl methyl sites for hydroxylation is 1. The quantitative estimate of drug-likeness (QED) is 0.593. The summed E-state index contributed by atoms with van der Waals surface area (Å²) in [6.07, 6.45) is -9.08. The highest BCUT2D eigenvalue weighted by molar-refractivity contribution is 5.69. The topological polar surface area (TPSA) is 0 Å². The lowest BCUT2D eigenvalue weighted by Gasteiger charge is -2.14. The van der Waals surface area contributed by atoms with E-state index in [1.165, 1.54) is 19.1 Å². The van der Waals surface area contributed by atoms with Gasteiger partial charge in [-0.1, -0.05) is 29.8 Å². The molecule has 0 heterocycles. The molecule has 0 aliphatic heterocycles. The Bertz CT molecular complexity index is 635. The molecule has 0 aliphatic rings. The van der Waals surface area contributed by atoms with Crippen LogP contribution in [0.5, 0.6) is 0 Å². The van der Waals surface area contributed by atoms with Crippen LogP contribution in [0.1, 0.15) is 16.7 Å². The number of hydrogen-bond acceptors (Lipinski definition) is 0. The molecular weight excluding hydrogens is 294 g/mol. The Hall–Kier alpha value is -1.98. The molecule has 0 saturated carbocycles. The van der Waals surface area contributed by atoms with E-state index in [1.807, 2.05) is 0 Å². The number of rotatable bonds is 1. The molecule has 0 radical (unpaired) electrons. The van der Waals surface area contributed by atoms with Crippen molar-refractivity contribution in [3.63, 3.8) is 0 Å². The third kappa shape index (κ3) is 3.37. The number of halogens is 6. The van der Waals surface area contributed by atoms with Crippen LogP contribution < -0.4 is 0 Å². The van der Waals surface area contributed by atoms with Gasteiger partial charge in [0.15, 0.2) is 0 Å². The first-order chi connectivity index (χ1) is 9.59. The fraction of sp³-hybridized carbons (Fsp3) is 0.200. The van der Waals surface area contributed by atoms with Crippen molar-refractivity contribution in [1.29, 1.82) is 0 Å². The van der Waals surface area contributed by atoms with Crippen LogP contribution >= 0.6 is 0 Å². The predicted molar refractivity (Wildman–Crippen MR) is 66.6 cm³/mol. The summed E-state index contributed by atoms with van der Waals surface area (Å²) in [4.78, 5) is 0. The highest BCUT2D eigenvalue weighted by atomic mass is 19.4. The average molecular weight is 304 g/mol. The van der Waals surface area contributed by atoms with Gasteiger partial charge in [-0.15, -0.1) is 0 Å². The van der Waals surface area contributed by atoms with Crippen molar-refractivity contribution in [2.24, 2.45) is 0 Å². The molecule has 0 spiro atoms. The van der Waals surface area contributed by atoms with E-state index in [-0.39, 0.29) is 11.1 Å². The first-order valence-electron chi connectivity index (χ1n) is 5.94. The second-order valence-electron chi connectivity index (χ2n) is 4.62. The fourth-order valence-corrected chi connectivity index (χ4v) is 1.98. The van der Waals surface area contributed by atoms with Gasteiger partial charge in [0.25, 0.3) is 0 Å². The summed E-state index contributed by atoms with van der Waals surface area (Å²) >= 11 is 0. The predicted octanol–water partition coefficient (Wildman–Crippen LogP) is 5.70. The smallest absolute Gasteiger partial charge is 0.166 e. The van der Waals surface area contributed by atoms with Crippen molar-refractivity contribution >= 4 is 0 Å². The Labute approximate surface area is 117 Å². The molecule has 0 fully saturated rings. The SMILES string of the molecule is Cc1ccc(-c2ccc(C(F)(F)F)cc2)c(C(F)(F)F)c1. The van der Waals surface area contributed by atoms with Gasteiger partial charge in [-0.05, 0) is 36.2 Å². The lowest BCUT2D eigenvalue weighted by Crippen LogP contribution is -2.08. The van der Waals surface area contributed by atoms with E-state index in [4.69, 9.17) is 0 Å². The summed E-state index contributed by atoms with van der Waals surface area (Å²) in [5.41, 5.74) is -1.37. The minimum Gasteiger partial charge on any atom is -0.166 e. The molecule has 0 aromatic heterocycles. The number of hydrogen-bond donors (Lipinski definition) is 0. The van der Waals surface area contributed by atoms with Gasteiger partial charge in [0, 0.05) is 0 Å². The Balaban J connectivity index is 2.52. The Morgan fingerprint density at radius 1 is 0.714 bits per heavy atom. The van der Waals surface area contributed by atoms with E-state index < -0.39 is 23.5 Å². The van der Waals surface area contributed by atoms with Gasteiger partial charge >= 0.3 is 12.4 Å². The molecule has 0 amide bonds. The highest BCUT2D eigenvalue weighted by Crippen LogP contribution is 2.38. The minimum absolute atomic E-state index is 0.0929. The van der Waals surface area contributed by atoms with Crippen LogP contribution in [0.2, 0.25) is 0 Å². The summed E-state index contributed by atoms with van der Waals surface area (Å²) in [6.45, 7) is 1.52. The van der Waals surface area contributed by atoms with Gasteiger partial charge in [-0.25, -0.2) is 0 Å². The zero-order valence-electron chi connectivity index (χ0n) is 10.8. The summed E-state index contributed by atoms with van der Waals surface area (Å²) in [6, 6.07) is 7.37. The largest absolute Gasteiger partial charge is 0.417 e. The minimum atomic E-state index is -4.57. The Morgan fingerprint density at radius 2 is 1.29 bits per heavy atom. The van der Waals surface area contributed by atoms with Crippen molar-refractivity contribution in [2.45, 2.75) is 19.3 Å². The molecule has 0 bridgehead atoms. The normalized spacial score (nSPS) is 12.5. The molecule has 2 aromatic rings. The van der Waals surface area contributed by atoms with Crippen LogP contribution in [0.15, 0.2) is 42.5 Å². The third-order valence-corrected chi connectivity index (χ3v) is 3.00. The average Bonchev–Trinajstić information content (AvgIpc) is 2.37. The molecular formula is C15H10F6. The molecule has 0 aliphatic carbocycles. The van der Waals surface area contributed by atoms with Gasteiger partial charge in [0.2, 0.25) is 0 Å². The van der Waals surface area contributed by atoms with E-state index in [9.17, 15) is 26.3 Å². The van der Waals surface area contributed by atoms with Gasteiger partial charge < -0.3 is 0 Å². The van der Waals surface area contributed by atoms with E-state index >= 15 is 0 Å². The molecule has 0 saturated heterocycles. The molecule has 6 heteroatoms. The van der Waals surface area contributed by atoms with Crippen molar-refractivity contribution < 1.29 is 26.3 Å². The second kappa shape index (κ2) is 5.09. The van der Waals surface area contributed by atoms with Gasteiger partial charge in [0.05, 0.1) is 11.1 Å². The van der Waals surface area contributed by atoms with Crippen LogP contribution in [-0.2, 0) is 12.4 Å². The second-order valence-corrected chi connectivity index (χ2v) is 4.62. The van der Waals surface area contributed by atoms with Crippen molar-refractivity contribution in [1.82, 2.24) is 0 Å². The lowest BCUT2D eigenvalue weighted by molar-refractivity contribution is -0.138. The standard InChI is InChI=1S/C15H10F6/c1-9-2-7-12(13(8-9)15(19,20)21)10-3-5-11(6-4-10)14(16,17)18/h2-8H,1H3. The summed E-state index contributed by atoms with van der Waals surface area (Å²) in [5.74, 6) is 0. The van der Waals surface area contributed by atoms with Crippen LogP contribution in [0, 0.1) is 6.92 Å². The summed E-state index contributed by atoms with van der Waals surface area (Å²) < 4.78 is 76.4. The van der Waals surface area contributed by atoms with Gasteiger partial charge in [0.1, 0.15) is 0 Å². The lowest BCUT2D eigenvalue weighted by atomic mass is 9.96. The molecule has 0 unspecified atom stereocenters. The molecule has 2 aromatic carbocycles. The summed E-state index contributed by atoms with van der Waals surface area (Å²) in [5, 5.41) is 0. The molecule has 21 heavy (non-hydrogen) atoms. The van der Waals surface area contributed by atoms with Crippen LogP contribution in [-0.4, -0.2) is 0 Å². The molecule has 2 rings (SSSR count). The zero-order valence-corrected chi connectivity index (χ0v) is 10.8. The van der Waals surface area contributed by atoms with Crippen LogP contribution in [0.4, 0.5) is 26.3 Å². The van der Waals surface area contributed by atoms with Crippen LogP contribution in [0.3, 0.4) is 0 Å². The number of benzene rings is 2. The first kappa shape index (κ1) is 15.4. The molecule has 0 atom stereocenters. The van der Waals surface area contributed by atoms with Crippen molar-refractivity contribution in [3.05, 3.63) is 59.2 Å². The van der Waals surface area contributed by atoms with Crippen molar-refractivity contribution in [3.8, 4) is 11.1 Å². The highest BCUT2D eigenvalue weighted by Gasteiger charge is 2.34. The maximum atomic E-state index is 13.0. The number of alkyl halides is 6. The maximum Gasteiger partial charge on any atom is 0.417 e. The van der Waals surface area contributed by atoms with E-state index in [0.717, 1.165) is 30.3 Å². The van der Waals surface area contributed by atoms with E-state index in [0.29, 0.717) is 5.56 Å². The Kier molecular flexibility index (Phi) is 3.74. The first-order valence-corrected chi connectivity index (χ1v) is 5.94. The fourth-order valence-electron chi connectivity index (χ4n) is 1.98. The van der Waals surface area contributed by atoms with Crippen molar-refractivity contribution in [2.75, 3.05) is 0 Å². The summed E-state index contributed by atoms with van der Waals surface area (Å²) in [7, 11) is 0.